The molecule has 1 amide bonds. The van der Waals surface area contributed by atoms with E-state index in [9.17, 15) is 4.79 Å². The van der Waals surface area contributed by atoms with Gasteiger partial charge in [0.05, 0.1) is 0 Å². The minimum absolute atomic E-state index is 0.155. The minimum atomic E-state index is 0.155. The molecule has 0 aliphatic carbocycles. The van der Waals surface area contributed by atoms with Crippen molar-refractivity contribution in [1.82, 2.24) is 5.32 Å². The van der Waals surface area contributed by atoms with Crippen molar-refractivity contribution < 1.29 is 4.79 Å². The standard InChI is InChI=1S/C19H30N2O/c1-13(2)16-6-5-7-17(14(3)4)19(16)21-18(22)9-8-15-10-11-20-12-15/h5-7,13-15,20H,8-12H2,1-4H3,(H,21,22). The molecule has 0 radical (unpaired) electrons. The van der Waals surface area contributed by atoms with Gasteiger partial charge in [0.15, 0.2) is 0 Å². The average Bonchev–Trinajstić information content (AvgIpc) is 2.98. The number of nitrogens with one attached hydrogen (secondary N) is 2. The maximum atomic E-state index is 12.4. The Labute approximate surface area is 134 Å². The molecule has 2 N–H and O–H groups in total. The predicted octanol–water partition coefficient (Wildman–Crippen LogP) is 4.26. The number of hydrogen-bond acceptors (Lipinski definition) is 2. The van der Waals surface area contributed by atoms with E-state index in [0.717, 1.165) is 25.2 Å². The molecule has 1 unspecified atom stereocenters. The summed E-state index contributed by atoms with van der Waals surface area (Å²) in [5.41, 5.74) is 3.52. The van der Waals surface area contributed by atoms with Crippen molar-refractivity contribution in [2.75, 3.05) is 18.4 Å². The molecule has 0 spiro atoms. The first-order valence-electron chi connectivity index (χ1n) is 8.62. The van der Waals surface area contributed by atoms with E-state index in [1.165, 1.54) is 17.5 Å². The molecular formula is C19H30N2O. The summed E-state index contributed by atoms with van der Waals surface area (Å²) in [6, 6.07) is 6.37. The molecule has 0 saturated carbocycles. The van der Waals surface area contributed by atoms with E-state index in [2.05, 4.69) is 56.5 Å². The summed E-state index contributed by atoms with van der Waals surface area (Å²) in [6.45, 7) is 10.9. The van der Waals surface area contributed by atoms with Crippen LogP contribution in [0, 0.1) is 5.92 Å². The van der Waals surface area contributed by atoms with Crippen molar-refractivity contribution in [1.29, 1.82) is 0 Å². The van der Waals surface area contributed by atoms with Crippen molar-refractivity contribution in [3.8, 4) is 0 Å². The van der Waals surface area contributed by atoms with Crippen LogP contribution < -0.4 is 10.6 Å². The third kappa shape index (κ3) is 4.33. The third-order valence-corrected chi connectivity index (χ3v) is 4.58. The van der Waals surface area contributed by atoms with E-state index in [4.69, 9.17) is 0 Å². The highest BCUT2D eigenvalue weighted by Crippen LogP contribution is 2.32. The summed E-state index contributed by atoms with van der Waals surface area (Å²) in [6.07, 6.45) is 2.81. The Balaban J connectivity index is 2.07. The molecule has 1 fully saturated rings. The van der Waals surface area contributed by atoms with Crippen LogP contribution in [0.5, 0.6) is 0 Å². The fourth-order valence-corrected chi connectivity index (χ4v) is 3.19. The topological polar surface area (TPSA) is 41.1 Å². The summed E-state index contributed by atoms with van der Waals surface area (Å²) < 4.78 is 0. The number of rotatable bonds is 6. The molecule has 1 aromatic carbocycles. The van der Waals surface area contributed by atoms with Gasteiger partial charge in [-0.25, -0.2) is 0 Å². The van der Waals surface area contributed by atoms with Gasteiger partial charge in [-0.2, -0.15) is 0 Å². The van der Waals surface area contributed by atoms with E-state index in [1.807, 2.05) is 0 Å². The highest BCUT2D eigenvalue weighted by Gasteiger charge is 2.18. The second-order valence-corrected chi connectivity index (χ2v) is 7.07. The fourth-order valence-electron chi connectivity index (χ4n) is 3.19. The summed E-state index contributed by atoms with van der Waals surface area (Å²) in [5, 5.41) is 6.57. The first-order chi connectivity index (χ1) is 10.5. The average molecular weight is 302 g/mol. The molecule has 122 valence electrons. The lowest BCUT2D eigenvalue weighted by molar-refractivity contribution is -0.116. The molecule has 2 rings (SSSR count). The summed E-state index contributed by atoms with van der Waals surface area (Å²) >= 11 is 0. The first kappa shape index (κ1) is 17.0. The molecular weight excluding hydrogens is 272 g/mol. The van der Waals surface area contributed by atoms with Gasteiger partial charge in [-0.3, -0.25) is 4.79 Å². The zero-order chi connectivity index (χ0) is 16.1. The van der Waals surface area contributed by atoms with Gasteiger partial charge in [-0.05, 0) is 54.8 Å². The van der Waals surface area contributed by atoms with Crippen molar-refractivity contribution in [3.05, 3.63) is 29.3 Å². The van der Waals surface area contributed by atoms with Gasteiger partial charge in [0.2, 0.25) is 5.91 Å². The SMILES string of the molecule is CC(C)c1cccc(C(C)C)c1NC(=O)CCC1CCNC1. The van der Waals surface area contributed by atoms with Gasteiger partial charge >= 0.3 is 0 Å². The van der Waals surface area contributed by atoms with Crippen molar-refractivity contribution in [2.45, 2.75) is 58.8 Å². The van der Waals surface area contributed by atoms with Gasteiger partial charge in [0.25, 0.3) is 0 Å². The molecule has 0 bridgehead atoms. The number of carbonyl (C=O) groups excluding carboxylic acids is 1. The summed E-state index contributed by atoms with van der Waals surface area (Å²) in [7, 11) is 0. The fraction of sp³-hybridized carbons (Fsp3) is 0.632. The minimum Gasteiger partial charge on any atom is -0.326 e. The van der Waals surface area contributed by atoms with E-state index in [1.54, 1.807) is 0 Å². The molecule has 3 nitrogen and oxygen atoms in total. The monoisotopic (exact) mass is 302 g/mol. The molecule has 1 aliphatic rings. The largest absolute Gasteiger partial charge is 0.326 e. The van der Waals surface area contributed by atoms with Crippen LogP contribution in [0.15, 0.2) is 18.2 Å². The van der Waals surface area contributed by atoms with Crippen LogP contribution in [-0.2, 0) is 4.79 Å². The smallest absolute Gasteiger partial charge is 0.224 e. The van der Waals surface area contributed by atoms with Gasteiger partial charge in [0, 0.05) is 12.1 Å². The van der Waals surface area contributed by atoms with Crippen LogP contribution in [0.2, 0.25) is 0 Å². The highest BCUT2D eigenvalue weighted by molar-refractivity contribution is 5.92. The van der Waals surface area contributed by atoms with Crippen molar-refractivity contribution >= 4 is 11.6 Å². The van der Waals surface area contributed by atoms with Gasteiger partial charge < -0.3 is 10.6 Å². The Morgan fingerprint density at radius 2 is 1.86 bits per heavy atom. The molecule has 0 aromatic heterocycles. The van der Waals surface area contributed by atoms with Crippen LogP contribution in [0.4, 0.5) is 5.69 Å². The number of carbonyl (C=O) groups is 1. The van der Waals surface area contributed by atoms with E-state index >= 15 is 0 Å². The van der Waals surface area contributed by atoms with Crippen LogP contribution in [0.3, 0.4) is 0 Å². The van der Waals surface area contributed by atoms with Gasteiger partial charge in [-0.1, -0.05) is 45.9 Å². The summed E-state index contributed by atoms with van der Waals surface area (Å²) in [5.74, 6) is 1.64. The maximum Gasteiger partial charge on any atom is 0.224 e. The van der Waals surface area contributed by atoms with Crippen LogP contribution in [0.1, 0.15) is 69.9 Å². The van der Waals surface area contributed by atoms with Crippen LogP contribution >= 0.6 is 0 Å². The normalized spacial score (nSPS) is 18.2. The lowest BCUT2D eigenvalue weighted by Crippen LogP contribution is -2.17. The van der Waals surface area contributed by atoms with E-state index in [0.29, 0.717) is 24.2 Å². The Kier molecular flexibility index (Phi) is 6.01. The summed E-state index contributed by atoms with van der Waals surface area (Å²) in [4.78, 5) is 12.4. The van der Waals surface area contributed by atoms with Crippen molar-refractivity contribution in [2.24, 2.45) is 5.92 Å². The Hall–Kier alpha value is -1.35. The van der Waals surface area contributed by atoms with Gasteiger partial charge in [-0.15, -0.1) is 0 Å². The van der Waals surface area contributed by atoms with Gasteiger partial charge in [0.1, 0.15) is 0 Å². The zero-order valence-electron chi connectivity index (χ0n) is 14.4. The first-order valence-corrected chi connectivity index (χ1v) is 8.62. The molecule has 1 heterocycles. The number of para-hydroxylation sites is 1. The van der Waals surface area contributed by atoms with E-state index in [-0.39, 0.29) is 5.91 Å². The molecule has 1 saturated heterocycles. The Morgan fingerprint density at radius 1 is 1.23 bits per heavy atom. The molecule has 3 heteroatoms. The van der Waals surface area contributed by atoms with E-state index < -0.39 is 0 Å². The molecule has 1 aliphatic heterocycles. The highest BCUT2D eigenvalue weighted by atomic mass is 16.1. The Bertz CT molecular complexity index is 476. The molecule has 1 atom stereocenters. The molecule has 1 aromatic rings. The zero-order valence-corrected chi connectivity index (χ0v) is 14.4. The maximum absolute atomic E-state index is 12.4. The molecule has 22 heavy (non-hydrogen) atoms. The number of anilines is 1. The second kappa shape index (κ2) is 7.77. The van der Waals surface area contributed by atoms with Crippen molar-refractivity contribution in [3.63, 3.8) is 0 Å². The van der Waals surface area contributed by atoms with Crippen LogP contribution in [-0.4, -0.2) is 19.0 Å². The lowest BCUT2D eigenvalue weighted by atomic mass is 9.92. The lowest BCUT2D eigenvalue weighted by Gasteiger charge is -2.20. The Morgan fingerprint density at radius 3 is 2.36 bits per heavy atom. The number of amides is 1. The second-order valence-electron chi connectivity index (χ2n) is 7.07. The number of benzene rings is 1. The predicted molar refractivity (Wildman–Crippen MR) is 93.5 cm³/mol. The third-order valence-electron chi connectivity index (χ3n) is 4.58. The quantitative estimate of drug-likeness (QED) is 0.824. The number of hydrogen-bond donors (Lipinski definition) is 2. The van der Waals surface area contributed by atoms with Crippen LogP contribution in [0.25, 0.3) is 0 Å².